The van der Waals surface area contributed by atoms with Gasteiger partial charge in [-0.15, -0.1) is 0 Å². The third kappa shape index (κ3) is 7.52. The van der Waals surface area contributed by atoms with Gasteiger partial charge in [-0.1, -0.05) is 53.6 Å². The Kier molecular flexibility index (Phi) is 10.4. The molecule has 0 saturated carbocycles. The Balaban J connectivity index is 2.07. The van der Waals surface area contributed by atoms with E-state index in [1.165, 1.54) is 17.0 Å². The molecule has 39 heavy (non-hydrogen) atoms. The molecule has 3 aromatic carbocycles. The fourth-order valence-electron chi connectivity index (χ4n) is 3.98. The first-order chi connectivity index (χ1) is 18.6. The van der Waals surface area contributed by atoms with E-state index in [2.05, 4.69) is 5.32 Å². The summed E-state index contributed by atoms with van der Waals surface area (Å²) in [4.78, 5) is 28.1. The van der Waals surface area contributed by atoms with Crippen LogP contribution >= 0.6 is 11.6 Å². The number of anilines is 1. The van der Waals surface area contributed by atoms with Crippen LogP contribution in [0.3, 0.4) is 0 Å². The molecule has 8 nitrogen and oxygen atoms in total. The van der Waals surface area contributed by atoms with Crippen LogP contribution in [0.25, 0.3) is 0 Å². The van der Waals surface area contributed by atoms with Crippen LogP contribution < -0.4 is 14.4 Å². The van der Waals surface area contributed by atoms with Crippen molar-refractivity contribution in [3.8, 4) is 5.75 Å². The standard InChI is InChI=1S/C29H34ClN3O5S/c1-5-31-29(35)22(4)32(19-23-13-15-24(30)16-14-23)28(34)20-33(26-9-7-8-10-27(26)38-6-2)39(36,37)25-17-11-21(3)12-18-25/h7-18,22H,5-6,19-20H2,1-4H3,(H,31,35). The van der Waals surface area contributed by atoms with Crippen molar-refractivity contribution in [1.29, 1.82) is 0 Å². The van der Waals surface area contributed by atoms with Crippen LogP contribution in [0.5, 0.6) is 5.75 Å². The lowest BCUT2D eigenvalue weighted by atomic mass is 10.1. The number of para-hydroxylation sites is 2. The van der Waals surface area contributed by atoms with Crippen molar-refractivity contribution in [2.24, 2.45) is 0 Å². The summed E-state index contributed by atoms with van der Waals surface area (Å²) in [5.41, 5.74) is 1.87. The summed E-state index contributed by atoms with van der Waals surface area (Å²) in [7, 11) is -4.19. The number of hydrogen-bond donors (Lipinski definition) is 1. The first-order valence-corrected chi connectivity index (χ1v) is 14.5. The van der Waals surface area contributed by atoms with E-state index in [-0.39, 0.29) is 23.0 Å². The molecule has 0 heterocycles. The van der Waals surface area contributed by atoms with E-state index in [0.29, 0.717) is 23.9 Å². The number of nitrogens with zero attached hydrogens (tertiary/aromatic N) is 2. The minimum absolute atomic E-state index is 0.0354. The van der Waals surface area contributed by atoms with Gasteiger partial charge in [0, 0.05) is 18.1 Å². The number of ether oxygens (including phenoxy) is 1. The van der Waals surface area contributed by atoms with Crippen LogP contribution in [0.4, 0.5) is 5.69 Å². The van der Waals surface area contributed by atoms with Gasteiger partial charge in [0.1, 0.15) is 18.3 Å². The van der Waals surface area contributed by atoms with Gasteiger partial charge in [0.15, 0.2) is 0 Å². The molecule has 0 fully saturated rings. The predicted octanol–water partition coefficient (Wildman–Crippen LogP) is 4.80. The van der Waals surface area contributed by atoms with Crippen LogP contribution in [0.2, 0.25) is 5.02 Å². The van der Waals surface area contributed by atoms with Crippen LogP contribution in [0.15, 0.2) is 77.7 Å². The number of aryl methyl sites for hydroxylation is 1. The van der Waals surface area contributed by atoms with Crippen LogP contribution in [-0.4, -0.2) is 50.9 Å². The molecule has 0 aliphatic carbocycles. The smallest absolute Gasteiger partial charge is 0.264 e. The zero-order chi connectivity index (χ0) is 28.6. The largest absolute Gasteiger partial charge is 0.492 e. The number of halogens is 1. The van der Waals surface area contributed by atoms with Gasteiger partial charge in [-0.05, 0) is 69.7 Å². The highest BCUT2D eigenvalue weighted by Crippen LogP contribution is 2.33. The number of carbonyl (C=O) groups excluding carboxylic acids is 2. The van der Waals surface area contributed by atoms with Gasteiger partial charge in [-0.2, -0.15) is 0 Å². The fraction of sp³-hybridized carbons (Fsp3) is 0.310. The number of likely N-dealkylation sites (N-methyl/N-ethyl adjacent to an activating group) is 1. The summed E-state index contributed by atoms with van der Waals surface area (Å²) in [6, 6.07) is 19.1. The Morgan fingerprint density at radius 3 is 2.23 bits per heavy atom. The minimum atomic E-state index is -4.19. The molecular formula is C29H34ClN3O5S. The highest BCUT2D eigenvalue weighted by Gasteiger charge is 2.33. The van der Waals surface area contributed by atoms with Gasteiger partial charge < -0.3 is 15.0 Å². The number of rotatable bonds is 12. The number of nitrogens with one attached hydrogen (secondary N) is 1. The van der Waals surface area contributed by atoms with E-state index in [1.807, 2.05) is 6.92 Å². The quantitative estimate of drug-likeness (QED) is 0.337. The van der Waals surface area contributed by atoms with Gasteiger partial charge in [0.25, 0.3) is 10.0 Å². The predicted molar refractivity (Wildman–Crippen MR) is 153 cm³/mol. The van der Waals surface area contributed by atoms with Gasteiger partial charge >= 0.3 is 0 Å². The molecule has 0 aliphatic rings. The second-order valence-corrected chi connectivity index (χ2v) is 11.2. The average Bonchev–Trinajstić information content (AvgIpc) is 2.92. The molecular weight excluding hydrogens is 538 g/mol. The average molecular weight is 572 g/mol. The molecule has 2 amide bonds. The molecule has 0 bridgehead atoms. The Morgan fingerprint density at radius 1 is 0.974 bits per heavy atom. The SMILES string of the molecule is CCNC(=O)C(C)N(Cc1ccc(Cl)cc1)C(=O)CN(c1ccccc1OCC)S(=O)(=O)c1ccc(C)cc1. The molecule has 1 unspecified atom stereocenters. The summed E-state index contributed by atoms with van der Waals surface area (Å²) in [6.45, 7) is 7.30. The minimum Gasteiger partial charge on any atom is -0.492 e. The molecule has 1 atom stereocenters. The van der Waals surface area contributed by atoms with Gasteiger partial charge in [0.2, 0.25) is 11.8 Å². The second kappa shape index (κ2) is 13.5. The van der Waals surface area contributed by atoms with Crippen molar-refractivity contribution >= 4 is 39.1 Å². The molecule has 1 N–H and O–H groups in total. The highest BCUT2D eigenvalue weighted by molar-refractivity contribution is 7.92. The fourth-order valence-corrected chi connectivity index (χ4v) is 5.53. The Hall–Kier alpha value is -3.56. The number of carbonyl (C=O) groups is 2. The van der Waals surface area contributed by atoms with Gasteiger partial charge in [-0.25, -0.2) is 8.42 Å². The molecule has 3 rings (SSSR count). The third-order valence-corrected chi connectivity index (χ3v) is 8.13. The normalized spacial score (nSPS) is 11.9. The summed E-state index contributed by atoms with van der Waals surface area (Å²) in [6.07, 6.45) is 0. The summed E-state index contributed by atoms with van der Waals surface area (Å²) in [5.74, 6) is -0.572. The van der Waals surface area contributed by atoms with Gasteiger partial charge in [0.05, 0.1) is 17.2 Å². The first-order valence-electron chi connectivity index (χ1n) is 12.7. The van der Waals surface area contributed by atoms with E-state index in [4.69, 9.17) is 16.3 Å². The van der Waals surface area contributed by atoms with Crippen molar-refractivity contribution in [2.75, 3.05) is 24.0 Å². The molecule has 0 aromatic heterocycles. The zero-order valence-corrected chi connectivity index (χ0v) is 24.1. The molecule has 0 radical (unpaired) electrons. The maximum Gasteiger partial charge on any atom is 0.264 e. The van der Waals surface area contributed by atoms with E-state index >= 15 is 0 Å². The Bertz CT molecular complexity index is 1380. The molecule has 3 aromatic rings. The maximum absolute atomic E-state index is 14.0. The van der Waals surface area contributed by atoms with E-state index in [9.17, 15) is 18.0 Å². The summed E-state index contributed by atoms with van der Waals surface area (Å²) < 4.78 is 34.7. The maximum atomic E-state index is 14.0. The number of amides is 2. The van der Waals surface area contributed by atoms with E-state index in [0.717, 1.165) is 15.4 Å². The highest BCUT2D eigenvalue weighted by atomic mass is 35.5. The zero-order valence-electron chi connectivity index (χ0n) is 22.6. The lowest BCUT2D eigenvalue weighted by Gasteiger charge is -2.32. The number of hydrogen-bond acceptors (Lipinski definition) is 5. The van der Waals surface area contributed by atoms with E-state index < -0.39 is 28.5 Å². The number of benzene rings is 3. The van der Waals surface area contributed by atoms with E-state index in [1.54, 1.807) is 81.4 Å². The molecule has 10 heteroatoms. The van der Waals surface area contributed by atoms with Crippen molar-refractivity contribution in [2.45, 2.75) is 45.2 Å². The molecule has 0 saturated heterocycles. The van der Waals surface area contributed by atoms with Gasteiger partial charge in [-0.3, -0.25) is 13.9 Å². The molecule has 208 valence electrons. The Morgan fingerprint density at radius 2 is 1.62 bits per heavy atom. The summed E-state index contributed by atoms with van der Waals surface area (Å²) >= 11 is 6.03. The van der Waals surface area contributed by atoms with Crippen molar-refractivity contribution in [3.63, 3.8) is 0 Å². The monoisotopic (exact) mass is 571 g/mol. The Labute approximate surface area is 235 Å². The van der Waals surface area contributed by atoms with Crippen LogP contribution in [0.1, 0.15) is 31.9 Å². The van der Waals surface area contributed by atoms with Crippen molar-refractivity contribution in [1.82, 2.24) is 10.2 Å². The topological polar surface area (TPSA) is 96.0 Å². The summed E-state index contributed by atoms with van der Waals surface area (Å²) in [5, 5.41) is 3.28. The van der Waals surface area contributed by atoms with Crippen LogP contribution in [0, 0.1) is 6.92 Å². The molecule has 0 aliphatic heterocycles. The first kappa shape index (κ1) is 30.0. The lowest BCUT2D eigenvalue weighted by Crippen LogP contribution is -2.51. The van der Waals surface area contributed by atoms with Crippen molar-refractivity contribution in [3.05, 3.63) is 88.9 Å². The lowest BCUT2D eigenvalue weighted by molar-refractivity contribution is -0.139. The molecule has 0 spiro atoms. The van der Waals surface area contributed by atoms with Crippen molar-refractivity contribution < 1.29 is 22.7 Å². The number of sulfonamides is 1. The van der Waals surface area contributed by atoms with Crippen LogP contribution in [-0.2, 0) is 26.2 Å². The second-order valence-electron chi connectivity index (χ2n) is 8.94. The third-order valence-electron chi connectivity index (χ3n) is 6.11.